The second-order valence-corrected chi connectivity index (χ2v) is 4.35. The minimum Gasteiger partial charge on any atom is -0.480 e. The largest absolute Gasteiger partial charge is 0.480 e. The van der Waals surface area contributed by atoms with E-state index in [0.29, 0.717) is 28.4 Å². The Labute approximate surface area is 112 Å². The third kappa shape index (κ3) is 2.95. The molecule has 18 heavy (non-hydrogen) atoms. The first kappa shape index (κ1) is 12.8. The highest BCUT2D eigenvalue weighted by molar-refractivity contribution is 9.10. The Balaban J connectivity index is 2.09. The average Bonchev–Trinajstić information content (AvgIpc) is 2.39. The minimum absolute atomic E-state index is 0.255. The first-order valence-electron chi connectivity index (χ1n) is 5.24. The molecule has 0 saturated carbocycles. The second-order valence-electron chi connectivity index (χ2n) is 3.50. The van der Waals surface area contributed by atoms with Crippen LogP contribution in [-0.2, 0) is 6.54 Å². The van der Waals surface area contributed by atoms with E-state index in [0.717, 1.165) is 0 Å². The summed E-state index contributed by atoms with van der Waals surface area (Å²) in [4.78, 5) is 8.18. The molecule has 1 aromatic heterocycles. The number of nitrogens with one attached hydrogen (secondary N) is 1. The van der Waals surface area contributed by atoms with E-state index < -0.39 is 0 Å². The maximum Gasteiger partial charge on any atom is 0.232 e. The molecule has 0 saturated heterocycles. The van der Waals surface area contributed by atoms with E-state index in [-0.39, 0.29) is 5.82 Å². The Morgan fingerprint density at radius 2 is 2.17 bits per heavy atom. The molecule has 0 aliphatic carbocycles. The fourth-order valence-electron chi connectivity index (χ4n) is 1.40. The maximum atomic E-state index is 13.4. The fourth-order valence-corrected chi connectivity index (χ4v) is 1.75. The molecular weight excluding hydrogens is 301 g/mol. The molecule has 4 nitrogen and oxygen atoms in total. The molecule has 0 spiro atoms. The molecule has 1 aromatic carbocycles. The molecule has 0 amide bonds. The number of methoxy groups -OCH3 is 1. The summed E-state index contributed by atoms with van der Waals surface area (Å²) in [5.74, 6) is 0.563. The molecule has 94 valence electrons. The summed E-state index contributed by atoms with van der Waals surface area (Å²) in [5.41, 5.74) is 0.558. The van der Waals surface area contributed by atoms with Gasteiger partial charge in [0, 0.05) is 12.1 Å². The Hall–Kier alpha value is -1.69. The van der Waals surface area contributed by atoms with Gasteiger partial charge in [0.05, 0.1) is 17.8 Å². The maximum absolute atomic E-state index is 13.4. The van der Waals surface area contributed by atoms with E-state index in [1.54, 1.807) is 24.4 Å². The van der Waals surface area contributed by atoms with E-state index >= 15 is 0 Å². The van der Waals surface area contributed by atoms with Crippen LogP contribution in [0.2, 0.25) is 0 Å². The molecule has 1 N–H and O–H groups in total. The Bertz CT molecular complexity index is 551. The van der Waals surface area contributed by atoms with Crippen LogP contribution in [0.1, 0.15) is 5.56 Å². The van der Waals surface area contributed by atoms with Crippen molar-refractivity contribution >= 4 is 21.9 Å². The molecule has 2 aromatic rings. The van der Waals surface area contributed by atoms with E-state index in [9.17, 15) is 4.39 Å². The lowest BCUT2D eigenvalue weighted by atomic mass is 10.2. The van der Waals surface area contributed by atoms with E-state index in [1.807, 2.05) is 0 Å². The van der Waals surface area contributed by atoms with Crippen molar-refractivity contribution in [3.05, 3.63) is 46.3 Å². The van der Waals surface area contributed by atoms with Crippen LogP contribution >= 0.6 is 15.9 Å². The zero-order valence-corrected chi connectivity index (χ0v) is 11.2. The molecule has 0 fully saturated rings. The SMILES string of the molecule is COc1nc(NCc2ccccc2F)ncc1Br. The van der Waals surface area contributed by atoms with Crippen LogP contribution in [0, 0.1) is 5.82 Å². The van der Waals surface area contributed by atoms with Crippen molar-refractivity contribution in [3.8, 4) is 5.88 Å². The highest BCUT2D eigenvalue weighted by Gasteiger charge is 2.06. The second kappa shape index (κ2) is 5.77. The van der Waals surface area contributed by atoms with Crippen LogP contribution in [0.5, 0.6) is 5.88 Å². The van der Waals surface area contributed by atoms with Gasteiger partial charge in [-0.2, -0.15) is 4.98 Å². The first-order chi connectivity index (χ1) is 8.70. The van der Waals surface area contributed by atoms with E-state index in [1.165, 1.54) is 13.2 Å². The van der Waals surface area contributed by atoms with Crippen molar-refractivity contribution in [1.29, 1.82) is 0 Å². The standard InChI is InChI=1S/C12H11BrFN3O/c1-18-11-9(13)7-16-12(17-11)15-6-8-4-2-3-5-10(8)14/h2-5,7H,6H2,1H3,(H,15,16,17). The van der Waals surface area contributed by atoms with Crippen LogP contribution in [0.3, 0.4) is 0 Å². The molecule has 6 heteroatoms. The van der Waals surface area contributed by atoms with Crippen molar-refractivity contribution in [2.24, 2.45) is 0 Å². The summed E-state index contributed by atoms with van der Waals surface area (Å²) >= 11 is 3.26. The zero-order chi connectivity index (χ0) is 13.0. The summed E-state index contributed by atoms with van der Waals surface area (Å²) in [6, 6.07) is 6.56. The van der Waals surface area contributed by atoms with Gasteiger partial charge >= 0.3 is 0 Å². The summed E-state index contributed by atoms with van der Waals surface area (Å²) in [7, 11) is 1.52. The number of anilines is 1. The zero-order valence-electron chi connectivity index (χ0n) is 9.65. The van der Waals surface area contributed by atoms with Crippen LogP contribution < -0.4 is 10.1 Å². The number of ether oxygens (including phenoxy) is 1. The topological polar surface area (TPSA) is 47.0 Å². The highest BCUT2D eigenvalue weighted by atomic mass is 79.9. The molecule has 0 atom stereocenters. The highest BCUT2D eigenvalue weighted by Crippen LogP contribution is 2.22. The quantitative estimate of drug-likeness (QED) is 0.943. The summed E-state index contributed by atoms with van der Waals surface area (Å²) in [5, 5.41) is 2.94. The lowest BCUT2D eigenvalue weighted by Crippen LogP contribution is -2.05. The Morgan fingerprint density at radius 1 is 1.39 bits per heavy atom. The Morgan fingerprint density at radius 3 is 2.89 bits per heavy atom. The van der Waals surface area contributed by atoms with Crippen molar-refractivity contribution in [2.75, 3.05) is 12.4 Å². The number of aromatic nitrogens is 2. The lowest BCUT2D eigenvalue weighted by molar-refractivity contribution is 0.394. The summed E-state index contributed by atoms with van der Waals surface area (Å²) in [6.45, 7) is 0.317. The number of benzene rings is 1. The summed E-state index contributed by atoms with van der Waals surface area (Å²) < 4.78 is 19.1. The minimum atomic E-state index is -0.255. The number of rotatable bonds is 4. The fraction of sp³-hybridized carbons (Fsp3) is 0.167. The predicted octanol–water partition coefficient (Wildman–Crippen LogP) is 3.00. The molecule has 0 unspecified atom stereocenters. The third-order valence-corrected chi connectivity index (χ3v) is 2.84. The molecule has 1 heterocycles. The monoisotopic (exact) mass is 311 g/mol. The van der Waals surface area contributed by atoms with Crippen LogP contribution in [0.25, 0.3) is 0 Å². The number of nitrogens with zero attached hydrogens (tertiary/aromatic N) is 2. The van der Waals surface area contributed by atoms with Gasteiger partial charge in [-0.05, 0) is 22.0 Å². The smallest absolute Gasteiger partial charge is 0.232 e. The van der Waals surface area contributed by atoms with Gasteiger partial charge in [0.15, 0.2) is 0 Å². The normalized spacial score (nSPS) is 10.2. The van der Waals surface area contributed by atoms with E-state index in [2.05, 4.69) is 31.2 Å². The van der Waals surface area contributed by atoms with Gasteiger partial charge in [0.25, 0.3) is 0 Å². The molecule has 2 rings (SSSR count). The van der Waals surface area contributed by atoms with E-state index in [4.69, 9.17) is 4.74 Å². The Kier molecular flexibility index (Phi) is 4.09. The molecule has 0 aliphatic rings. The molecular formula is C12H11BrFN3O. The number of halogens is 2. The van der Waals surface area contributed by atoms with Gasteiger partial charge in [-0.15, -0.1) is 0 Å². The van der Waals surface area contributed by atoms with Gasteiger partial charge in [-0.1, -0.05) is 18.2 Å². The average molecular weight is 312 g/mol. The van der Waals surface area contributed by atoms with Crippen molar-refractivity contribution in [2.45, 2.75) is 6.54 Å². The predicted molar refractivity (Wildman–Crippen MR) is 70.0 cm³/mol. The van der Waals surface area contributed by atoms with Gasteiger partial charge in [0.1, 0.15) is 5.82 Å². The van der Waals surface area contributed by atoms with Crippen LogP contribution in [0.15, 0.2) is 34.9 Å². The third-order valence-electron chi connectivity index (χ3n) is 2.30. The number of hydrogen-bond acceptors (Lipinski definition) is 4. The molecule has 0 aliphatic heterocycles. The number of hydrogen-bond donors (Lipinski definition) is 1. The van der Waals surface area contributed by atoms with Crippen molar-refractivity contribution < 1.29 is 9.13 Å². The van der Waals surface area contributed by atoms with Gasteiger partial charge in [-0.3, -0.25) is 0 Å². The van der Waals surface area contributed by atoms with Gasteiger partial charge < -0.3 is 10.1 Å². The van der Waals surface area contributed by atoms with Crippen molar-refractivity contribution in [3.63, 3.8) is 0 Å². The lowest BCUT2D eigenvalue weighted by Gasteiger charge is -2.07. The summed E-state index contributed by atoms with van der Waals surface area (Å²) in [6.07, 6.45) is 1.58. The first-order valence-corrected chi connectivity index (χ1v) is 6.04. The molecule has 0 bridgehead atoms. The van der Waals surface area contributed by atoms with Crippen LogP contribution in [-0.4, -0.2) is 17.1 Å². The van der Waals surface area contributed by atoms with Gasteiger partial charge in [0.2, 0.25) is 11.8 Å². The van der Waals surface area contributed by atoms with Gasteiger partial charge in [-0.25, -0.2) is 9.37 Å². The van der Waals surface area contributed by atoms with Crippen molar-refractivity contribution in [1.82, 2.24) is 9.97 Å². The van der Waals surface area contributed by atoms with Crippen LogP contribution in [0.4, 0.5) is 10.3 Å². The molecule has 0 radical (unpaired) electrons.